The van der Waals surface area contributed by atoms with Crippen LogP contribution in [0.1, 0.15) is 86.1 Å². The molecule has 10 atom stereocenters. The molecule has 0 saturated heterocycles. The summed E-state index contributed by atoms with van der Waals surface area (Å²) in [5.74, 6) is -6.02. The van der Waals surface area contributed by atoms with E-state index in [1.807, 2.05) is 13.8 Å². The second kappa shape index (κ2) is 23.9. The standard InChI is InChI=1S/C37H62N8O9/c1-8-20(3)28(32(39)49)43-34(51)27(19-25-15-11-10-12-16-25)42-35(52)29(21(4)9-2)44-33(50)26(17-13-14-18-38)41-36(53)31(23(6)47)45-37(54)30(22(5)46)40-24(7)48/h10-12,15-16,20-23,26-31,46-47H,8-9,13-14,17-19,38H2,1-7H3,(H2,39,49)(H,40,48)(H,41,53)(H,42,52)(H,43,51)(H,44,50)(H,45,54)/t20-,21-,22+,23+,26-,27-,28-,29-,30-,31-/m0/s1. The van der Waals surface area contributed by atoms with Crippen molar-refractivity contribution in [3.8, 4) is 0 Å². The molecule has 1 aromatic carbocycles. The first-order chi connectivity index (χ1) is 25.4. The van der Waals surface area contributed by atoms with Crippen molar-refractivity contribution in [3.63, 3.8) is 0 Å². The molecule has 0 spiro atoms. The van der Waals surface area contributed by atoms with Gasteiger partial charge in [-0.3, -0.25) is 33.6 Å². The Kier molecular flexibility index (Phi) is 21.0. The van der Waals surface area contributed by atoms with Crippen LogP contribution in [0.15, 0.2) is 30.3 Å². The minimum absolute atomic E-state index is 0.0631. The molecule has 304 valence electrons. The molecule has 0 aliphatic carbocycles. The monoisotopic (exact) mass is 762 g/mol. The number of nitrogens with two attached hydrogens (primary N) is 2. The minimum Gasteiger partial charge on any atom is -0.391 e. The van der Waals surface area contributed by atoms with Crippen molar-refractivity contribution in [1.82, 2.24) is 31.9 Å². The lowest BCUT2D eigenvalue weighted by atomic mass is 9.95. The number of primary amides is 1. The molecule has 17 heteroatoms. The zero-order valence-corrected chi connectivity index (χ0v) is 32.5. The predicted octanol–water partition coefficient (Wildman–Crippen LogP) is -1.37. The van der Waals surface area contributed by atoms with Gasteiger partial charge in [0, 0.05) is 13.3 Å². The Hall–Kier alpha value is -4.61. The zero-order chi connectivity index (χ0) is 41.1. The lowest BCUT2D eigenvalue weighted by molar-refractivity contribution is -0.138. The molecule has 1 rings (SSSR count). The zero-order valence-electron chi connectivity index (χ0n) is 32.5. The molecule has 0 heterocycles. The Morgan fingerprint density at radius 2 is 1.06 bits per heavy atom. The molecular weight excluding hydrogens is 700 g/mol. The lowest BCUT2D eigenvalue weighted by Crippen LogP contribution is -2.62. The fraction of sp³-hybridized carbons (Fsp3) is 0.649. The van der Waals surface area contributed by atoms with Gasteiger partial charge in [-0.1, -0.05) is 70.9 Å². The summed E-state index contributed by atoms with van der Waals surface area (Å²) in [7, 11) is 0. The molecule has 0 saturated carbocycles. The maximum Gasteiger partial charge on any atom is 0.245 e. The number of hydrogen-bond acceptors (Lipinski definition) is 10. The van der Waals surface area contributed by atoms with Gasteiger partial charge in [0.1, 0.15) is 36.3 Å². The van der Waals surface area contributed by atoms with Crippen molar-refractivity contribution in [2.75, 3.05) is 6.54 Å². The summed E-state index contributed by atoms with van der Waals surface area (Å²) < 4.78 is 0. The lowest BCUT2D eigenvalue weighted by Gasteiger charge is -2.30. The van der Waals surface area contributed by atoms with E-state index < -0.39 is 95.7 Å². The number of nitrogens with one attached hydrogen (secondary N) is 6. The van der Waals surface area contributed by atoms with E-state index in [-0.39, 0.29) is 18.8 Å². The van der Waals surface area contributed by atoms with Crippen LogP contribution in [-0.2, 0) is 40.0 Å². The van der Waals surface area contributed by atoms with Gasteiger partial charge in [-0.05, 0) is 57.1 Å². The van der Waals surface area contributed by atoms with Crippen LogP contribution in [0.2, 0.25) is 0 Å². The van der Waals surface area contributed by atoms with Crippen LogP contribution in [0.5, 0.6) is 0 Å². The highest BCUT2D eigenvalue weighted by atomic mass is 16.3. The summed E-state index contributed by atoms with van der Waals surface area (Å²) in [5, 5.41) is 35.8. The van der Waals surface area contributed by atoms with E-state index in [0.717, 1.165) is 12.5 Å². The molecule has 17 nitrogen and oxygen atoms in total. The van der Waals surface area contributed by atoms with Crippen LogP contribution >= 0.6 is 0 Å². The Morgan fingerprint density at radius 3 is 1.56 bits per heavy atom. The van der Waals surface area contributed by atoms with E-state index >= 15 is 0 Å². The van der Waals surface area contributed by atoms with Crippen molar-refractivity contribution in [3.05, 3.63) is 35.9 Å². The molecule has 1 aromatic rings. The molecule has 0 aromatic heterocycles. The summed E-state index contributed by atoms with van der Waals surface area (Å²) in [6, 6.07) is 1.32. The first kappa shape index (κ1) is 47.4. The van der Waals surface area contributed by atoms with E-state index in [0.29, 0.717) is 32.2 Å². The van der Waals surface area contributed by atoms with Crippen molar-refractivity contribution in [2.45, 2.75) is 135 Å². The number of unbranched alkanes of at least 4 members (excludes halogenated alkanes) is 1. The molecular formula is C37H62N8O9. The highest BCUT2D eigenvalue weighted by Gasteiger charge is 2.36. The fourth-order valence-corrected chi connectivity index (χ4v) is 5.56. The van der Waals surface area contributed by atoms with Crippen LogP contribution in [0.25, 0.3) is 0 Å². The van der Waals surface area contributed by atoms with E-state index in [1.54, 1.807) is 44.2 Å². The van der Waals surface area contributed by atoms with Gasteiger partial charge in [-0.2, -0.15) is 0 Å². The quantitative estimate of drug-likeness (QED) is 0.0552. The maximum absolute atomic E-state index is 14.0. The van der Waals surface area contributed by atoms with Crippen LogP contribution < -0.4 is 43.4 Å². The topological polar surface area (TPSA) is 284 Å². The SMILES string of the molecule is CC[C@H](C)[C@H](NC(=O)[C@H](Cc1ccccc1)NC(=O)[C@@H](NC(=O)[C@H](CCCCN)NC(=O)[C@@H](NC(=O)[C@@H](NC(C)=O)[C@@H](C)O)[C@@H](C)O)[C@@H](C)CC)C(N)=O. The number of aliphatic hydroxyl groups excluding tert-OH is 2. The molecule has 12 N–H and O–H groups in total. The highest BCUT2D eigenvalue weighted by molar-refractivity contribution is 5.97. The molecule has 0 fully saturated rings. The molecule has 0 aliphatic rings. The van der Waals surface area contributed by atoms with E-state index in [1.165, 1.54) is 13.8 Å². The van der Waals surface area contributed by atoms with Crippen LogP contribution in [0.4, 0.5) is 0 Å². The highest BCUT2D eigenvalue weighted by Crippen LogP contribution is 2.13. The Balaban J connectivity index is 3.39. The first-order valence-electron chi connectivity index (χ1n) is 18.6. The first-order valence-corrected chi connectivity index (χ1v) is 18.6. The third kappa shape index (κ3) is 15.8. The molecule has 0 aliphatic heterocycles. The Bertz CT molecular complexity index is 1390. The fourth-order valence-electron chi connectivity index (χ4n) is 5.56. The predicted molar refractivity (Wildman–Crippen MR) is 202 cm³/mol. The average molecular weight is 763 g/mol. The van der Waals surface area contributed by atoms with Crippen molar-refractivity contribution < 1.29 is 43.8 Å². The van der Waals surface area contributed by atoms with Gasteiger partial charge >= 0.3 is 0 Å². The molecule has 0 unspecified atom stereocenters. The summed E-state index contributed by atoms with van der Waals surface area (Å²) in [6.45, 7) is 11.1. The smallest absolute Gasteiger partial charge is 0.245 e. The third-order valence-electron chi connectivity index (χ3n) is 9.29. The summed E-state index contributed by atoms with van der Waals surface area (Å²) in [6.07, 6.45) is -0.782. The van der Waals surface area contributed by atoms with Crippen LogP contribution in [-0.4, -0.2) is 107 Å². The van der Waals surface area contributed by atoms with Gasteiger partial charge in [0.2, 0.25) is 41.4 Å². The van der Waals surface area contributed by atoms with Crippen LogP contribution in [0.3, 0.4) is 0 Å². The number of hydrogen-bond donors (Lipinski definition) is 10. The van der Waals surface area contributed by atoms with Gasteiger partial charge < -0.3 is 53.6 Å². The number of aliphatic hydroxyl groups is 2. The molecule has 54 heavy (non-hydrogen) atoms. The molecule has 7 amide bonds. The second-order valence-corrected chi connectivity index (χ2v) is 13.9. The Labute approximate surface area is 317 Å². The van der Waals surface area contributed by atoms with Gasteiger partial charge in [0.05, 0.1) is 12.2 Å². The molecule has 0 radical (unpaired) electrons. The third-order valence-corrected chi connectivity index (χ3v) is 9.29. The number of amides is 7. The Morgan fingerprint density at radius 1 is 0.611 bits per heavy atom. The number of carbonyl (C=O) groups is 7. The summed E-state index contributed by atoms with van der Waals surface area (Å²) in [4.78, 5) is 91.8. The minimum atomic E-state index is -1.59. The number of rotatable bonds is 24. The van der Waals surface area contributed by atoms with Gasteiger partial charge in [-0.25, -0.2) is 0 Å². The van der Waals surface area contributed by atoms with Gasteiger partial charge in [0.15, 0.2) is 0 Å². The van der Waals surface area contributed by atoms with Gasteiger partial charge in [-0.15, -0.1) is 0 Å². The van der Waals surface area contributed by atoms with Gasteiger partial charge in [0.25, 0.3) is 0 Å². The summed E-state index contributed by atoms with van der Waals surface area (Å²) in [5.41, 5.74) is 12.0. The van der Waals surface area contributed by atoms with Crippen molar-refractivity contribution >= 4 is 41.4 Å². The van der Waals surface area contributed by atoms with Crippen molar-refractivity contribution in [2.24, 2.45) is 23.3 Å². The summed E-state index contributed by atoms with van der Waals surface area (Å²) >= 11 is 0. The van der Waals surface area contributed by atoms with E-state index in [9.17, 15) is 43.8 Å². The largest absolute Gasteiger partial charge is 0.391 e. The number of carbonyl (C=O) groups excluding carboxylic acids is 7. The van der Waals surface area contributed by atoms with E-state index in [4.69, 9.17) is 11.5 Å². The van der Waals surface area contributed by atoms with Crippen molar-refractivity contribution in [1.29, 1.82) is 0 Å². The molecule has 0 bridgehead atoms. The second-order valence-electron chi connectivity index (χ2n) is 13.9. The maximum atomic E-state index is 14.0. The van der Waals surface area contributed by atoms with Crippen LogP contribution in [0, 0.1) is 11.8 Å². The number of benzene rings is 1. The van der Waals surface area contributed by atoms with E-state index in [2.05, 4.69) is 31.9 Å². The average Bonchev–Trinajstić information content (AvgIpc) is 3.12. The normalized spacial score (nSPS) is 16.7.